The summed E-state index contributed by atoms with van der Waals surface area (Å²) in [5.74, 6) is 0.298. The van der Waals surface area contributed by atoms with Crippen LogP contribution in [0.15, 0.2) is 30.3 Å². The first-order valence-corrected chi connectivity index (χ1v) is 11.3. The Morgan fingerprint density at radius 3 is 2.67 bits per heavy atom. The molecule has 158 valence electrons. The summed E-state index contributed by atoms with van der Waals surface area (Å²) < 4.78 is 5.64. The van der Waals surface area contributed by atoms with Gasteiger partial charge in [0.15, 0.2) is 0 Å². The minimum absolute atomic E-state index is 0.213. The van der Waals surface area contributed by atoms with E-state index < -0.39 is 5.60 Å². The second-order valence-electron chi connectivity index (χ2n) is 9.53. The van der Waals surface area contributed by atoms with Gasteiger partial charge >= 0.3 is 6.09 Å². The van der Waals surface area contributed by atoms with E-state index in [4.69, 9.17) is 27.9 Å². The van der Waals surface area contributed by atoms with E-state index in [1.807, 2.05) is 37.8 Å². The Kier molecular flexibility index (Phi) is 4.71. The van der Waals surface area contributed by atoms with E-state index in [0.29, 0.717) is 28.5 Å². The van der Waals surface area contributed by atoms with Gasteiger partial charge in [-0.05, 0) is 74.6 Å². The summed E-state index contributed by atoms with van der Waals surface area (Å²) in [6.07, 6.45) is 1.81. The third-order valence-corrected chi connectivity index (χ3v) is 6.95. The number of piperidine rings is 1. The zero-order valence-corrected chi connectivity index (χ0v) is 19.1. The highest BCUT2D eigenvalue weighted by Gasteiger charge is 2.46. The normalized spacial score (nSPS) is 22.2. The lowest BCUT2D eigenvalue weighted by Crippen LogP contribution is -2.49. The van der Waals surface area contributed by atoms with E-state index in [0.717, 1.165) is 37.1 Å². The highest BCUT2D eigenvalue weighted by Crippen LogP contribution is 2.51. The standard InChI is InChI=1S/C24H26Cl2N2O2/c1-24(2,3)30-23(29)27-8-7-21-19(13-27)18-11-15(10-14-6-9-28(21)22(14)18)17-5-4-16(25)12-20(17)26/h4-5,10-12,19,21H,6-9,13H2,1-3H3. The summed E-state index contributed by atoms with van der Waals surface area (Å²) in [7, 11) is 0. The fourth-order valence-electron chi connectivity index (χ4n) is 5.22. The highest BCUT2D eigenvalue weighted by atomic mass is 35.5. The van der Waals surface area contributed by atoms with Crippen LogP contribution in [-0.4, -0.2) is 42.3 Å². The molecule has 2 unspecified atom stereocenters. The Labute approximate surface area is 187 Å². The Morgan fingerprint density at radius 1 is 1.13 bits per heavy atom. The average Bonchev–Trinajstić information content (AvgIpc) is 3.22. The molecule has 0 radical (unpaired) electrons. The van der Waals surface area contributed by atoms with Crippen molar-refractivity contribution in [1.29, 1.82) is 0 Å². The monoisotopic (exact) mass is 444 g/mol. The largest absolute Gasteiger partial charge is 0.444 e. The summed E-state index contributed by atoms with van der Waals surface area (Å²) in [6.45, 7) is 8.23. The van der Waals surface area contributed by atoms with E-state index in [1.54, 1.807) is 6.07 Å². The highest BCUT2D eigenvalue weighted by molar-refractivity contribution is 6.36. The zero-order valence-electron chi connectivity index (χ0n) is 17.5. The Balaban J connectivity index is 1.50. The van der Waals surface area contributed by atoms with E-state index in [9.17, 15) is 4.79 Å². The molecule has 0 N–H and O–H groups in total. The van der Waals surface area contributed by atoms with E-state index in [-0.39, 0.29) is 6.09 Å². The fourth-order valence-corrected chi connectivity index (χ4v) is 5.73. The number of likely N-dealkylation sites (tertiary alicyclic amines) is 1. The maximum atomic E-state index is 12.7. The van der Waals surface area contributed by atoms with Crippen LogP contribution >= 0.6 is 23.2 Å². The molecular weight excluding hydrogens is 419 g/mol. The molecule has 1 saturated heterocycles. The van der Waals surface area contributed by atoms with Crippen molar-refractivity contribution in [2.75, 3.05) is 24.5 Å². The van der Waals surface area contributed by atoms with Crippen molar-refractivity contribution in [1.82, 2.24) is 4.90 Å². The van der Waals surface area contributed by atoms with Crippen molar-refractivity contribution in [3.05, 3.63) is 51.5 Å². The molecule has 2 aromatic rings. The molecule has 6 heteroatoms. The minimum atomic E-state index is -0.481. The Hall–Kier alpha value is -1.91. The SMILES string of the molecule is CC(C)(C)OC(=O)N1CCC2C(C1)c1cc(-c3ccc(Cl)cc3Cl)cc3c1N2CC3. The van der Waals surface area contributed by atoms with Crippen LogP contribution in [0.2, 0.25) is 10.0 Å². The maximum absolute atomic E-state index is 12.7. The van der Waals surface area contributed by atoms with Crippen molar-refractivity contribution in [2.45, 2.75) is 51.2 Å². The number of nitrogens with zero attached hydrogens (tertiary/aromatic N) is 2. The number of anilines is 1. The summed E-state index contributed by atoms with van der Waals surface area (Å²) >= 11 is 12.6. The number of fused-ring (bicyclic) bond motifs is 3. The van der Waals surface area contributed by atoms with Crippen LogP contribution in [-0.2, 0) is 11.2 Å². The lowest BCUT2D eigenvalue weighted by atomic mass is 9.86. The van der Waals surface area contributed by atoms with Crippen LogP contribution in [0.1, 0.15) is 44.2 Å². The van der Waals surface area contributed by atoms with Crippen LogP contribution in [0.4, 0.5) is 10.5 Å². The second kappa shape index (κ2) is 7.06. The molecule has 0 aliphatic carbocycles. The molecular formula is C24H26Cl2N2O2. The summed E-state index contributed by atoms with van der Waals surface area (Å²) in [5.41, 5.74) is 5.75. The topological polar surface area (TPSA) is 32.8 Å². The van der Waals surface area contributed by atoms with E-state index >= 15 is 0 Å². The van der Waals surface area contributed by atoms with Crippen LogP contribution < -0.4 is 4.90 Å². The second-order valence-corrected chi connectivity index (χ2v) is 10.4. The Bertz CT molecular complexity index is 1030. The molecule has 3 heterocycles. The number of carbonyl (C=O) groups is 1. The van der Waals surface area contributed by atoms with Gasteiger partial charge in [0.1, 0.15) is 5.60 Å². The third-order valence-electron chi connectivity index (χ3n) is 6.40. The zero-order chi connectivity index (χ0) is 21.2. The number of carbonyl (C=O) groups excluding carboxylic acids is 1. The van der Waals surface area contributed by atoms with Gasteiger partial charge in [0.2, 0.25) is 0 Å². The predicted octanol–water partition coefficient (Wildman–Crippen LogP) is 6.13. The summed E-state index contributed by atoms with van der Waals surface area (Å²) in [4.78, 5) is 17.1. The van der Waals surface area contributed by atoms with Gasteiger partial charge in [-0.2, -0.15) is 0 Å². The smallest absolute Gasteiger partial charge is 0.410 e. The number of halogens is 2. The Morgan fingerprint density at radius 2 is 1.93 bits per heavy atom. The van der Waals surface area contributed by atoms with Crippen molar-refractivity contribution in [3.8, 4) is 11.1 Å². The lowest BCUT2D eigenvalue weighted by Gasteiger charge is -2.38. The summed E-state index contributed by atoms with van der Waals surface area (Å²) in [6, 6.07) is 10.7. The molecule has 3 aliphatic heterocycles. The van der Waals surface area contributed by atoms with Gasteiger partial charge in [-0.3, -0.25) is 0 Å². The van der Waals surface area contributed by atoms with Crippen molar-refractivity contribution in [3.63, 3.8) is 0 Å². The molecule has 1 fully saturated rings. The number of ether oxygens (including phenoxy) is 1. The minimum Gasteiger partial charge on any atom is -0.444 e. The van der Waals surface area contributed by atoms with Crippen LogP contribution in [0.3, 0.4) is 0 Å². The molecule has 4 nitrogen and oxygen atoms in total. The number of benzene rings is 2. The first-order chi connectivity index (χ1) is 14.2. The number of hydrogen-bond acceptors (Lipinski definition) is 3. The predicted molar refractivity (Wildman–Crippen MR) is 122 cm³/mol. The fraction of sp³-hybridized carbons (Fsp3) is 0.458. The molecule has 5 rings (SSSR count). The van der Waals surface area contributed by atoms with Gasteiger partial charge in [0, 0.05) is 52.9 Å². The number of rotatable bonds is 1. The van der Waals surface area contributed by atoms with E-state index in [1.165, 1.54) is 16.8 Å². The third kappa shape index (κ3) is 3.34. The van der Waals surface area contributed by atoms with Gasteiger partial charge in [-0.25, -0.2) is 4.79 Å². The lowest BCUT2D eigenvalue weighted by molar-refractivity contribution is 0.0189. The van der Waals surface area contributed by atoms with Crippen molar-refractivity contribution >= 4 is 35.0 Å². The molecule has 2 atom stereocenters. The molecule has 2 aromatic carbocycles. The van der Waals surface area contributed by atoms with Crippen LogP contribution in [0.25, 0.3) is 11.1 Å². The number of hydrogen-bond donors (Lipinski definition) is 0. The van der Waals surface area contributed by atoms with Gasteiger partial charge in [-0.1, -0.05) is 29.3 Å². The average molecular weight is 445 g/mol. The quantitative estimate of drug-likeness (QED) is 0.530. The van der Waals surface area contributed by atoms with Crippen molar-refractivity contribution in [2.24, 2.45) is 0 Å². The first-order valence-electron chi connectivity index (χ1n) is 10.6. The van der Waals surface area contributed by atoms with Crippen LogP contribution in [0, 0.1) is 0 Å². The van der Waals surface area contributed by atoms with Gasteiger partial charge in [-0.15, -0.1) is 0 Å². The van der Waals surface area contributed by atoms with Gasteiger partial charge in [0.05, 0.1) is 0 Å². The molecule has 30 heavy (non-hydrogen) atoms. The van der Waals surface area contributed by atoms with E-state index in [2.05, 4.69) is 17.0 Å². The molecule has 0 spiro atoms. The molecule has 0 saturated carbocycles. The molecule has 1 amide bonds. The van der Waals surface area contributed by atoms with Crippen molar-refractivity contribution < 1.29 is 9.53 Å². The van der Waals surface area contributed by atoms with Gasteiger partial charge < -0.3 is 14.5 Å². The molecule has 0 aromatic heterocycles. The number of amides is 1. The first kappa shape index (κ1) is 20.0. The van der Waals surface area contributed by atoms with Crippen LogP contribution in [0.5, 0.6) is 0 Å². The summed E-state index contributed by atoms with van der Waals surface area (Å²) in [5, 5.41) is 1.30. The van der Waals surface area contributed by atoms with Gasteiger partial charge in [0.25, 0.3) is 0 Å². The molecule has 3 aliphatic rings. The maximum Gasteiger partial charge on any atom is 0.410 e. The molecule has 0 bridgehead atoms.